The summed E-state index contributed by atoms with van der Waals surface area (Å²) in [4.78, 5) is 23.3. The van der Waals surface area contributed by atoms with Crippen molar-refractivity contribution in [2.24, 2.45) is 0 Å². The maximum absolute atomic E-state index is 11.6. The molecule has 0 heterocycles. The maximum atomic E-state index is 11.6. The number of carbonyl (C=O) groups is 2. The summed E-state index contributed by atoms with van der Waals surface area (Å²) in [6.07, 6.45) is 0. The molecule has 11 heteroatoms. The zero-order valence-corrected chi connectivity index (χ0v) is 19.1. The van der Waals surface area contributed by atoms with Crippen LogP contribution in [0.15, 0.2) is 36.4 Å². The highest BCUT2D eigenvalue weighted by atomic mass is 35.5. The molecule has 0 unspecified atom stereocenters. The third-order valence-electron chi connectivity index (χ3n) is 3.46. The monoisotopic (exact) mass is 510 g/mol. The largest absolute Gasteiger partial charge is 0.480 e. The van der Waals surface area contributed by atoms with Crippen LogP contribution in [0.4, 0.5) is 0 Å². The lowest BCUT2D eigenvalue weighted by molar-refractivity contribution is -0.149. The van der Waals surface area contributed by atoms with Crippen molar-refractivity contribution in [1.82, 2.24) is 0 Å². The fourth-order valence-corrected chi connectivity index (χ4v) is 3.00. The molecule has 31 heavy (non-hydrogen) atoms. The minimum absolute atomic E-state index is 0.0165. The summed E-state index contributed by atoms with van der Waals surface area (Å²) in [6.45, 7) is -0.331. The normalized spacial score (nSPS) is 10.5. The summed E-state index contributed by atoms with van der Waals surface area (Å²) in [5.41, 5.74) is 0. The maximum Gasteiger partial charge on any atom is 0.344 e. The summed E-state index contributed by atoms with van der Waals surface area (Å²) in [5.74, 6) is -0.523. The van der Waals surface area contributed by atoms with Crippen LogP contribution in [-0.4, -0.2) is 51.6 Å². The van der Waals surface area contributed by atoms with Gasteiger partial charge in [0.1, 0.15) is 24.7 Å². The second-order valence-electron chi connectivity index (χ2n) is 5.78. The quantitative estimate of drug-likeness (QED) is 0.297. The highest BCUT2D eigenvalue weighted by Gasteiger charge is 2.09. The van der Waals surface area contributed by atoms with Gasteiger partial charge in [0.2, 0.25) is 0 Å². The Morgan fingerprint density at radius 2 is 1.06 bits per heavy atom. The van der Waals surface area contributed by atoms with Crippen LogP contribution in [-0.2, 0) is 23.8 Å². The van der Waals surface area contributed by atoms with Gasteiger partial charge in [-0.1, -0.05) is 46.4 Å². The number of ether oxygens (including phenoxy) is 5. The Morgan fingerprint density at radius 1 is 0.645 bits per heavy atom. The number of hydrogen-bond donors (Lipinski definition) is 0. The lowest BCUT2D eigenvalue weighted by atomic mass is 10.3. The fraction of sp³-hybridized carbons (Fsp3) is 0.300. The van der Waals surface area contributed by atoms with Gasteiger partial charge in [-0.05, 0) is 36.4 Å². The number of esters is 2. The summed E-state index contributed by atoms with van der Waals surface area (Å²) in [7, 11) is 0. The van der Waals surface area contributed by atoms with Crippen LogP contribution in [0.3, 0.4) is 0 Å². The van der Waals surface area contributed by atoms with Crippen LogP contribution < -0.4 is 9.47 Å². The summed E-state index contributed by atoms with van der Waals surface area (Å²) in [6, 6.07) is 9.29. The first-order chi connectivity index (χ1) is 14.8. The first-order valence-corrected chi connectivity index (χ1v) is 10.4. The van der Waals surface area contributed by atoms with E-state index < -0.39 is 11.9 Å². The zero-order valence-electron chi connectivity index (χ0n) is 16.1. The van der Waals surface area contributed by atoms with Crippen LogP contribution >= 0.6 is 46.4 Å². The fourth-order valence-electron chi connectivity index (χ4n) is 2.07. The standard InChI is InChI=1S/C20H18Cl4O7/c21-13-1-3-17(15(23)9-13)30-11-19(25)28-7-5-27-6-8-29-20(26)12-31-18-4-2-14(22)10-16(18)24/h1-4,9-10H,5-8,11-12H2. The Labute approximate surface area is 199 Å². The first-order valence-electron chi connectivity index (χ1n) is 8.90. The molecule has 0 amide bonds. The Morgan fingerprint density at radius 3 is 1.45 bits per heavy atom. The third-order valence-corrected chi connectivity index (χ3v) is 4.52. The molecule has 0 atom stereocenters. The van der Waals surface area contributed by atoms with Crippen LogP contribution in [0.1, 0.15) is 0 Å². The van der Waals surface area contributed by atoms with E-state index in [0.29, 0.717) is 31.6 Å². The van der Waals surface area contributed by atoms with Gasteiger partial charge in [-0.3, -0.25) is 0 Å². The second-order valence-corrected chi connectivity index (χ2v) is 7.47. The van der Waals surface area contributed by atoms with E-state index >= 15 is 0 Å². The Hall–Kier alpha value is -1.90. The van der Waals surface area contributed by atoms with E-state index in [1.54, 1.807) is 24.3 Å². The molecule has 168 valence electrons. The molecule has 0 aromatic heterocycles. The number of carbonyl (C=O) groups excluding carboxylic acids is 2. The molecular weight excluding hydrogens is 494 g/mol. The molecule has 0 aliphatic rings. The van der Waals surface area contributed by atoms with E-state index in [1.807, 2.05) is 0 Å². The lowest BCUT2D eigenvalue weighted by Gasteiger charge is -2.10. The molecule has 0 fully saturated rings. The first kappa shape index (κ1) is 25.4. The van der Waals surface area contributed by atoms with Crippen molar-refractivity contribution in [1.29, 1.82) is 0 Å². The molecule has 0 radical (unpaired) electrons. The Balaban J connectivity index is 1.49. The molecule has 2 aromatic rings. The van der Waals surface area contributed by atoms with E-state index in [0.717, 1.165) is 0 Å². The van der Waals surface area contributed by atoms with Gasteiger partial charge in [-0.2, -0.15) is 0 Å². The van der Waals surface area contributed by atoms with Gasteiger partial charge in [0.15, 0.2) is 13.2 Å². The molecule has 7 nitrogen and oxygen atoms in total. The molecule has 0 N–H and O–H groups in total. The number of benzene rings is 2. The van der Waals surface area contributed by atoms with Crippen LogP contribution in [0.2, 0.25) is 20.1 Å². The number of rotatable bonds is 12. The Kier molecular flexibility index (Phi) is 11.0. The predicted octanol–water partition coefficient (Wildman–Crippen LogP) is 4.86. The average molecular weight is 512 g/mol. The third kappa shape index (κ3) is 9.84. The van der Waals surface area contributed by atoms with Crippen molar-refractivity contribution >= 4 is 58.3 Å². The van der Waals surface area contributed by atoms with E-state index in [4.69, 9.17) is 70.1 Å². The molecular formula is C20H18Cl4O7. The SMILES string of the molecule is O=C(COc1ccc(Cl)cc1Cl)OCCOCCOC(=O)COc1ccc(Cl)cc1Cl. The molecule has 2 rings (SSSR count). The second kappa shape index (κ2) is 13.5. The van der Waals surface area contributed by atoms with E-state index in [-0.39, 0.29) is 39.6 Å². The molecule has 2 aromatic carbocycles. The minimum Gasteiger partial charge on any atom is -0.480 e. The molecule has 0 bridgehead atoms. The van der Waals surface area contributed by atoms with Crippen LogP contribution in [0.5, 0.6) is 11.5 Å². The van der Waals surface area contributed by atoms with Gasteiger partial charge in [0.05, 0.1) is 23.3 Å². The molecule has 0 aliphatic carbocycles. The van der Waals surface area contributed by atoms with E-state index in [9.17, 15) is 9.59 Å². The van der Waals surface area contributed by atoms with Gasteiger partial charge >= 0.3 is 11.9 Å². The number of hydrogen-bond acceptors (Lipinski definition) is 7. The molecule has 0 aliphatic heterocycles. The van der Waals surface area contributed by atoms with Crippen molar-refractivity contribution in [3.63, 3.8) is 0 Å². The molecule has 0 saturated heterocycles. The van der Waals surface area contributed by atoms with Crippen molar-refractivity contribution in [2.45, 2.75) is 0 Å². The highest BCUT2D eigenvalue weighted by molar-refractivity contribution is 6.36. The van der Waals surface area contributed by atoms with Gasteiger partial charge in [0.25, 0.3) is 0 Å². The van der Waals surface area contributed by atoms with Crippen molar-refractivity contribution in [3.8, 4) is 11.5 Å². The molecule has 0 saturated carbocycles. The average Bonchev–Trinajstić information content (AvgIpc) is 2.71. The van der Waals surface area contributed by atoms with Gasteiger partial charge in [0, 0.05) is 10.0 Å². The van der Waals surface area contributed by atoms with Crippen molar-refractivity contribution in [2.75, 3.05) is 39.6 Å². The van der Waals surface area contributed by atoms with Crippen LogP contribution in [0, 0.1) is 0 Å². The highest BCUT2D eigenvalue weighted by Crippen LogP contribution is 2.28. The topological polar surface area (TPSA) is 80.3 Å². The van der Waals surface area contributed by atoms with E-state index in [2.05, 4.69) is 0 Å². The zero-order chi connectivity index (χ0) is 22.6. The van der Waals surface area contributed by atoms with E-state index in [1.165, 1.54) is 12.1 Å². The van der Waals surface area contributed by atoms with Crippen LogP contribution in [0.25, 0.3) is 0 Å². The summed E-state index contributed by atoms with van der Waals surface area (Å²) < 4.78 is 25.6. The predicted molar refractivity (Wildman–Crippen MR) is 117 cm³/mol. The Bertz CT molecular complexity index is 820. The summed E-state index contributed by atoms with van der Waals surface area (Å²) in [5, 5.41) is 1.50. The van der Waals surface area contributed by atoms with Gasteiger partial charge < -0.3 is 23.7 Å². The summed E-state index contributed by atoms with van der Waals surface area (Å²) >= 11 is 23.4. The minimum atomic E-state index is -0.584. The molecule has 0 spiro atoms. The lowest BCUT2D eigenvalue weighted by Crippen LogP contribution is -2.20. The smallest absolute Gasteiger partial charge is 0.344 e. The van der Waals surface area contributed by atoms with Crippen molar-refractivity contribution < 1.29 is 33.3 Å². The van der Waals surface area contributed by atoms with Crippen molar-refractivity contribution in [3.05, 3.63) is 56.5 Å². The van der Waals surface area contributed by atoms with Gasteiger partial charge in [-0.25, -0.2) is 9.59 Å². The number of halogens is 4. The van der Waals surface area contributed by atoms with Gasteiger partial charge in [-0.15, -0.1) is 0 Å².